The van der Waals surface area contributed by atoms with Gasteiger partial charge in [0.25, 0.3) is 0 Å². The highest BCUT2D eigenvalue weighted by molar-refractivity contribution is 7.11. The number of nitrogens with zero attached hydrogens (tertiary/aromatic N) is 2. The average Bonchev–Trinajstić information content (AvgIpc) is 2.67. The topological polar surface area (TPSA) is 53.4 Å². The first kappa shape index (κ1) is 15.1. The zero-order chi connectivity index (χ0) is 13.7. The Kier molecular flexibility index (Phi) is 5.75. The minimum absolute atomic E-state index is 0.0848. The normalized spacial score (nSPS) is 12.9. The van der Waals surface area contributed by atoms with Crippen LogP contribution in [0.1, 0.15) is 42.3 Å². The van der Waals surface area contributed by atoms with Crippen molar-refractivity contribution in [2.75, 3.05) is 19.6 Å². The Morgan fingerprint density at radius 2 is 2.06 bits per heavy atom. The molecule has 5 heteroatoms. The molecule has 1 unspecified atom stereocenters. The third-order valence-electron chi connectivity index (χ3n) is 3.07. The molecule has 0 fully saturated rings. The number of carbonyl (C=O) groups is 1. The van der Waals surface area contributed by atoms with E-state index in [1.54, 1.807) is 11.3 Å². The van der Waals surface area contributed by atoms with Crippen LogP contribution < -0.4 is 0 Å². The lowest BCUT2D eigenvalue weighted by atomic mass is 10.2. The SMILES string of the molecule is CCN(CC)CC(C)c1nc(C)c(CC(=O)O)s1. The standard InChI is InChI=1S/C13H22N2O2S/c1-5-15(6-2)8-9(3)13-14-10(4)11(18-13)7-12(16)17/h9H,5-8H2,1-4H3,(H,16,17). The van der Waals surface area contributed by atoms with Gasteiger partial charge in [0.2, 0.25) is 0 Å². The minimum atomic E-state index is -0.787. The van der Waals surface area contributed by atoms with Crippen molar-refractivity contribution in [1.82, 2.24) is 9.88 Å². The summed E-state index contributed by atoms with van der Waals surface area (Å²) in [6.45, 7) is 11.4. The lowest BCUT2D eigenvalue weighted by Crippen LogP contribution is -2.27. The second kappa shape index (κ2) is 6.85. The largest absolute Gasteiger partial charge is 0.481 e. The Labute approximate surface area is 113 Å². The Morgan fingerprint density at radius 3 is 2.56 bits per heavy atom. The Hall–Kier alpha value is -0.940. The van der Waals surface area contributed by atoms with E-state index in [1.165, 1.54) is 0 Å². The van der Waals surface area contributed by atoms with Crippen molar-refractivity contribution >= 4 is 17.3 Å². The maximum atomic E-state index is 10.7. The van der Waals surface area contributed by atoms with Crippen LogP contribution in [-0.4, -0.2) is 40.6 Å². The molecule has 1 aromatic rings. The van der Waals surface area contributed by atoms with Crippen LogP contribution in [-0.2, 0) is 11.2 Å². The van der Waals surface area contributed by atoms with Crippen molar-refractivity contribution in [2.45, 2.75) is 40.0 Å². The third kappa shape index (κ3) is 4.07. The fourth-order valence-corrected chi connectivity index (χ4v) is 3.01. The molecule has 1 rings (SSSR count). The molecule has 0 radical (unpaired) electrons. The molecule has 0 saturated carbocycles. The number of carboxylic acids is 1. The van der Waals surface area contributed by atoms with E-state index in [1.807, 2.05) is 6.92 Å². The van der Waals surface area contributed by atoms with Gasteiger partial charge in [0.05, 0.1) is 17.1 Å². The van der Waals surface area contributed by atoms with E-state index < -0.39 is 5.97 Å². The van der Waals surface area contributed by atoms with Gasteiger partial charge in [0.1, 0.15) is 0 Å². The van der Waals surface area contributed by atoms with Crippen LogP contribution in [0.5, 0.6) is 0 Å². The summed E-state index contributed by atoms with van der Waals surface area (Å²) in [4.78, 5) is 18.5. The van der Waals surface area contributed by atoms with Gasteiger partial charge in [-0.1, -0.05) is 20.8 Å². The number of thiazole rings is 1. The number of aliphatic carboxylic acids is 1. The number of aryl methyl sites for hydroxylation is 1. The molecule has 1 N–H and O–H groups in total. The number of hydrogen-bond donors (Lipinski definition) is 1. The monoisotopic (exact) mass is 270 g/mol. The zero-order valence-corrected chi connectivity index (χ0v) is 12.4. The molecule has 0 aliphatic carbocycles. The maximum absolute atomic E-state index is 10.7. The van der Waals surface area contributed by atoms with E-state index >= 15 is 0 Å². The number of rotatable bonds is 7. The van der Waals surface area contributed by atoms with Gasteiger partial charge >= 0.3 is 5.97 Å². The summed E-state index contributed by atoms with van der Waals surface area (Å²) in [5.41, 5.74) is 0.865. The molecule has 0 amide bonds. The highest BCUT2D eigenvalue weighted by Gasteiger charge is 2.17. The summed E-state index contributed by atoms with van der Waals surface area (Å²) in [5, 5.41) is 9.88. The molecule has 4 nitrogen and oxygen atoms in total. The highest BCUT2D eigenvalue weighted by atomic mass is 32.1. The van der Waals surface area contributed by atoms with Crippen LogP contribution in [0.25, 0.3) is 0 Å². The Morgan fingerprint density at radius 1 is 1.44 bits per heavy atom. The molecular formula is C13H22N2O2S. The summed E-state index contributed by atoms with van der Waals surface area (Å²) in [5.74, 6) is -0.430. The second-order valence-electron chi connectivity index (χ2n) is 4.52. The molecule has 102 valence electrons. The molecule has 0 spiro atoms. The third-order valence-corrected chi connectivity index (χ3v) is 4.46. The van der Waals surface area contributed by atoms with Gasteiger partial charge in [0, 0.05) is 17.3 Å². The molecule has 0 aromatic carbocycles. The van der Waals surface area contributed by atoms with Crippen LogP contribution in [0.15, 0.2) is 0 Å². The van der Waals surface area contributed by atoms with Gasteiger partial charge < -0.3 is 10.0 Å². The fraction of sp³-hybridized carbons (Fsp3) is 0.692. The first-order chi connectivity index (χ1) is 8.47. The minimum Gasteiger partial charge on any atom is -0.481 e. The van der Waals surface area contributed by atoms with Crippen molar-refractivity contribution in [3.8, 4) is 0 Å². The van der Waals surface area contributed by atoms with Crippen LogP contribution in [0.4, 0.5) is 0 Å². The lowest BCUT2D eigenvalue weighted by molar-refractivity contribution is -0.136. The van der Waals surface area contributed by atoms with Gasteiger partial charge in [0.15, 0.2) is 0 Å². The molecule has 0 aliphatic heterocycles. The quantitative estimate of drug-likeness (QED) is 0.827. The van der Waals surface area contributed by atoms with Crippen molar-refractivity contribution in [1.29, 1.82) is 0 Å². The predicted molar refractivity (Wildman–Crippen MR) is 74.4 cm³/mol. The molecule has 1 aromatic heterocycles. The summed E-state index contributed by atoms with van der Waals surface area (Å²) in [6, 6.07) is 0. The summed E-state index contributed by atoms with van der Waals surface area (Å²) < 4.78 is 0. The van der Waals surface area contributed by atoms with Gasteiger partial charge in [-0.3, -0.25) is 4.79 Å². The zero-order valence-electron chi connectivity index (χ0n) is 11.6. The highest BCUT2D eigenvalue weighted by Crippen LogP contribution is 2.26. The van der Waals surface area contributed by atoms with E-state index in [4.69, 9.17) is 5.11 Å². The van der Waals surface area contributed by atoms with Crippen molar-refractivity contribution in [3.63, 3.8) is 0 Å². The molecule has 1 heterocycles. The van der Waals surface area contributed by atoms with E-state index in [0.717, 1.165) is 35.2 Å². The molecule has 1 atom stereocenters. The maximum Gasteiger partial charge on any atom is 0.308 e. The second-order valence-corrected chi connectivity index (χ2v) is 5.63. The van der Waals surface area contributed by atoms with Gasteiger partial charge in [-0.15, -0.1) is 11.3 Å². The van der Waals surface area contributed by atoms with Gasteiger partial charge in [-0.25, -0.2) is 4.98 Å². The Balaban J connectivity index is 2.74. The van der Waals surface area contributed by atoms with Crippen molar-refractivity contribution in [2.24, 2.45) is 0 Å². The molecular weight excluding hydrogens is 248 g/mol. The lowest BCUT2D eigenvalue weighted by Gasteiger charge is -2.21. The van der Waals surface area contributed by atoms with E-state index in [0.29, 0.717) is 5.92 Å². The first-order valence-corrected chi connectivity index (χ1v) is 7.19. The average molecular weight is 270 g/mol. The van der Waals surface area contributed by atoms with Gasteiger partial charge in [-0.05, 0) is 20.0 Å². The van der Waals surface area contributed by atoms with E-state index in [9.17, 15) is 4.79 Å². The van der Waals surface area contributed by atoms with Gasteiger partial charge in [-0.2, -0.15) is 0 Å². The molecule has 18 heavy (non-hydrogen) atoms. The first-order valence-electron chi connectivity index (χ1n) is 6.38. The van der Waals surface area contributed by atoms with E-state index in [2.05, 4.69) is 30.7 Å². The van der Waals surface area contributed by atoms with Crippen LogP contribution >= 0.6 is 11.3 Å². The summed E-state index contributed by atoms with van der Waals surface area (Å²) >= 11 is 1.54. The number of hydrogen-bond acceptors (Lipinski definition) is 4. The predicted octanol–water partition coefficient (Wildman–Crippen LogP) is 2.52. The summed E-state index contributed by atoms with van der Waals surface area (Å²) in [6.07, 6.45) is 0.0848. The Bertz CT molecular complexity index is 400. The molecule has 0 saturated heterocycles. The van der Waals surface area contributed by atoms with Crippen molar-refractivity contribution < 1.29 is 9.90 Å². The fourth-order valence-electron chi connectivity index (χ4n) is 1.91. The summed E-state index contributed by atoms with van der Waals surface area (Å²) in [7, 11) is 0. The number of carboxylic acid groups (broad SMARTS) is 1. The van der Waals surface area contributed by atoms with Crippen LogP contribution in [0, 0.1) is 6.92 Å². The molecule has 0 aliphatic rings. The van der Waals surface area contributed by atoms with Crippen LogP contribution in [0.3, 0.4) is 0 Å². The van der Waals surface area contributed by atoms with Crippen molar-refractivity contribution in [3.05, 3.63) is 15.6 Å². The van der Waals surface area contributed by atoms with Crippen LogP contribution in [0.2, 0.25) is 0 Å². The smallest absolute Gasteiger partial charge is 0.308 e. The molecule has 0 bridgehead atoms. The number of likely N-dealkylation sites (N-methyl/N-ethyl adjacent to an activating group) is 1. The van der Waals surface area contributed by atoms with E-state index in [-0.39, 0.29) is 6.42 Å². The number of aromatic nitrogens is 1.